The Morgan fingerprint density at radius 3 is 3.14 bits per heavy atom. The molecule has 0 fully saturated rings. The van der Waals surface area contributed by atoms with E-state index in [-0.39, 0.29) is 0 Å². The molecular formula is C11H9NOS. The summed E-state index contributed by atoms with van der Waals surface area (Å²) in [7, 11) is 0. The van der Waals surface area contributed by atoms with Crippen LogP contribution in [0.3, 0.4) is 0 Å². The molecule has 1 aliphatic rings. The second-order valence-corrected chi connectivity index (χ2v) is 3.81. The molecule has 70 valence electrons. The first-order chi connectivity index (χ1) is 6.86. The summed E-state index contributed by atoms with van der Waals surface area (Å²) in [4.78, 5) is 0. The lowest BCUT2D eigenvalue weighted by Crippen LogP contribution is -2.15. The minimum atomic E-state index is 0.744. The van der Waals surface area contributed by atoms with Crippen LogP contribution >= 0.6 is 12.2 Å². The van der Waals surface area contributed by atoms with Gasteiger partial charge in [0, 0.05) is 16.1 Å². The first-order valence-corrected chi connectivity index (χ1v) is 5.02. The van der Waals surface area contributed by atoms with E-state index >= 15 is 0 Å². The van der Waals surface area contributed by atoms with Gasteiger partial charge >= 0.3 is 0 Å². The van der Waals surface area contributed by atoms with Crippen LogP contribution in [0.5, 0.6) is 5.75 Å². The molecule has 0 atom stereocenters. The summed E-state index contributed by atoms with van der Waals surface area (Å²) in [5, 5.41) is 1.11. The standard InChI is InChI=1S/C11H9NOS/c14-10-4-5-12-6-7-13-9-3-1-2-8(10)11(9)12/h1-5H,6-7H2. The van der Waals surface area contributed by atoms with E-state index in [0.29, 0.717) is 0 Å². The molecule has 1 aliphatic heterocycles. The Morgan fingerprint density at radius 1 is 1.29 bits per heavy atom. The molecule has 3 heteroatoms. The lowest BCUT2D eigenvalue weighted by Gasteiger charge is -2.20. The highest BCUT2D eigenvalue weighted by molar-refractivity contribution is 7.71. The Kier molecular flexibility index (Phi) is 1.61. The maximum Gasteiger partial charge on any atom is 0.143 e. The van der Waals surface area contributed by atoms with E-state index in [0.717, 1.165) is 34.3 Å². The first kappa shape index (κ1) is 8.00. The van der Waals surface area contributed by atoms with Gasteiger partial charge in [-0.3, -0.25) is 0 Å². The van der Waals surface area contributed by atoms with Gasteiger partial charge in [-0.15, -0.1) is 0 Å². The zero-order valence-electron chi connectivity index (χ0n) is 7.56. The van der Waals surface area contributed by atoms with Crippen LogP contribution in [0, 0.1) is 4.51 Å². The molecular weight excluding hydrogens is 194 g/mol. The van der Waals surface area contributed by atoms with E-state index in [9.17, 15) is 0 Å². The van der Waals surface area contributed by atoms with Crippen LogP contribution in [0.1, 0.15) is 0 Å². The zero-order valence-corrected chi connectivity index (χ0v) is 8.38. The highest BCUT2D eigenvalue weighted by atomic mass is 32.1. The molecule has 0 N–H and O–H groups in total. The molecule has 14 heavy (non-hydrogen) atoms. The number of ether oxygens (including phenoxy) is 1. The summed E-state index contributed by atoms with van der Waals surface area (Å²) in [5.41, 5.74) is 1.13. The monoisotopic (exact) mass is 203 g/mol. The van der Waals surface area contributed by atoms with Crippen LogP contribution in [0.25, 0.3) is 10.9 Å². The lowest BCUT2D eigenvalue weighted by atomic mass is 10.2. The molecule has 2 heterocycles. The van der Waals surface area contributed by atoms with Crippen molar-refractivity contribution in [3.63, 3.8) is 0 Å². The van der Waals surface area contributed by atoms with Gasteiger partial charge < -0.3 is 9.30 Å². The zero-order chi connectivity index (χ0) is 9.54. The Bertz CT molecular complexity index is 548. The van der Waals surface area contributed by atoms with Gasteiger partial charge in [0.15, 0.2) is 0 Å². The number of nitrogens with zero attached hydrogens (tertiary/aromatic N) is 1. The van der Waals surface area contributed by atoms with Crippen molar-refractivity contribution in [1.82, 2.24) is 4.57 Å². The molecule has 0 aliphatic carbocycles. The number of aromatic nitrogens is 1. The average molecular weight is 203 g/mol. The van der Waals surface area contributed by atoms with E-state index in [2.05, 4.69) is 4.57 Å². The van der Waals surface area contributed by atoms with E-state index in [1.807, 2.05) is 30.5 Å². The van der Waals surface area contributed by atoms with E-state index in [1.165, 1.54) is 0 Å². The second-order valence-electron chi connectivity index (χ2n) is 3.37. The van der Waals surface area contributed by atoms with Gasteiger partial charge in [-0.05, 0) is 12.1 Å². The number of pyridine rings is 1. The molecule has 0 radical (unpaired) electrons. The Balaban J connectivity index is 2.57. The molecule has 2 aromatic rings. The van der Waals surface area contributed by atoms with Crippen LogP contribution in [-0.4, -0.2) is 11.2 Å². The minimum absolute atomic E-state index is 0.744. The number of hydrogen-bond acceptors (Lipinski definition) is 2. The summed E-state index contributed by atoms with van der Waals surface area (Å²) in [6.45, 7) is 1.65. The third kappa shape index (κ3) is 0.990. The average Bonchev–Trinajstić information content (AvgIpc) is 2.24. The third-order valence-corrected chi connectivity index (χ3v) is 2.90. The molecule has 1 aromatic heterocycles. The summed E-state index contributed by atoms with van der Waals surface area (Å²) >= 11 is 5.28. The minimum Gasteiger partial charge on any atom is -0.490 e. The van der Waals surface area contributed by atoms with Crippen LogP contribution in [0.15, 0.2) is 30.5 Å². The van der Waals surface area contributed by atoms with E-state index in [1.54, 1.807) is 0 Å². The normalized spacial score (nSPS) is 14.0. The third-order valence-electron chi connectivity index (χ3n) is 2.55. The summed E-state index contributed by atoms with van der Waals surface area (Å²) in [6.07, 6.45) is 2.04. The maximum atomic E-state index is 5.58. The van der Waals surface area contributed by atoms with Gasteiger partial charge in [-0.2, -0.15) is 0 Å². The largest absolute Gasteiger partial charge is 0.490 e. The molecule has 0 spiro atoms. The number of rotatable bonds is 0. The number of hydrogen-bond donors (Lipinski definition) is 0. The fourth-order valence-electron chi connectivity index (χ4n) is 1.90. The van der Waals surface area contributed by atoms with E-state index in [4.69, 9.17) is 17.0 Å². The quantitative estimate of drug-likeness (QED) is 0.611. The molecule has 0 saturated heterocycles. The molecule has 0 amide bonds. The van der Waals surface area contributed by atoms with Gasteiger partial charge in [-0.25, -0.2) is 0 Å². The van der Waals surface area contributed by atoms with Crippen molar-refractivity contribution in [3.8, 4) is 5.75 Å². The molecule has 1 aromatic carbocycles. The van der Waals surface area contributed by atoms with Crippen LogP contribution < -0.4 is 4.74 Å². The second kappa shape index (κ2) is 2.82. The highest BCUT2D eigenvalue weighted by Crippen LogP contribution is 2.28. The lowest BCUT2D eigenvalue weighted by molar-refractivity contribution is 0.286. The van der Waals surface area contributed by atoms with Gasteiger partial charge in [-0.1, -0.05) is 24.4 Å². The van der Waals surface area contributed by atoms with Gasteiger partial charge in [0.2, 0.25) is 0 Å². The summed E-state index contributed by atoms with van der Waals surface area (Å²) in [6, 6.07) is 8.01. The van der Waals surface area contributed by atoms with Crippen molar-refractivity contribution >= 4 is 23.1 Å². The van der Waals surface area contributed by atoms with Gasteiger partial charge in [0.05, 0.1) is 12.1 Å². The summed E-state index contributed by atoms with van der Waals surface area (Å²) in [5.74, 6) is 0.945. The van der Waals surface area contributed by atoms with Crippen LogP contribution in [0.4, 0.5) is 0 Å². The van der Waals surface area contributed by atoms with Crippen molar-refractivity contribution in [3.05, 3.63) is 35.0 Å². The van der Waals surface area contributed by atoms with Crippen molar-refractivity contribution < 1.29 is 4.74 Å². The SMILES string of the molecule is S=c1ccn2c3c(cccc13)OCC2. The van der Waals surface area contributed by atoms with Crippen LogP contribution in [-0.2, 0) is 6.54 Å². The van der Waals surface area contributed by atoms with Crippen molar-refractivity contribution in [1.29, 1.82) is 0 Å². The van der Waals surface area contributed by atoms with Crippen molar-refractivity contribution in [2.75, 3.05) is 6.61 Å². The number of para-hydroxylation sites is 1. The highest BCUT2D eigenvalue weighted by Gasteiger charge is 2.11. The Labute approximate surface area is 86.7 Å². The molecule has 0 unspecified atom stereocenters. The maximum absolute atomic E-state index is 5.58. The van der Waals surface area contributed by atoms with E-state index < -0.39 is 0 Å². The molecule has 2 nitrogen and oxygen atoms in total. The van der Waals surface area contributed by atoms with Gasteiger partial charge in [0.1, 0.15) is 12.4 Å². The topological polar surface area (TPSA) is 14.2 Å². The fraction of sp³-hybridized carbons (Fsp3) is 0.182. The molecule has 3 rings (SSSR count). The van der Waals surface area contributed by atoms with Gasteiger partial charge in [0.25, 0.3) is 0 Å². The predicted octanol–water partition coefficient (Wildman–Crippen LogP) is 2.76. The molecule has 0 saturated carbocycles. The fourth-order valence-corrected chi connectivity index (χ4v) is 2.12. The Morgan fingerprint density at radius 2 is 2.21 bits per heavy atom. The number of benzene rings is 1. The molecule has 0 bridgehead atoms. The Hall–Kier alpha value is -1.35. The van der Waals surface area contributed by atoms with Crippen LogP contribution in [0.2, 0.25) is 0 Å². The summed E-state index contributed by atoms with van der Waals surface area (Å²) < 4.78 is 8.67. The predicted molar refractivity (Wildman–Crippen MR) is 58.3 cm³/mol. The van der Waals surface area contributed by atoms with Crippen molar-refractivity contribution in [2.45, 2.75) is 6.54 Å². The first-order valence-electron chi connectivity index (χ1n) is 4.61. The van der Waals surface area contributed by atoms with Crippen molar-refractivity contribution in [2.24, 2.45) is 0 Å². The smallest absolute Gasteiger partial charge is 0.143 e.